The first-order valence-electron chi connectivity index (χ1n) is 5.64. The summed E-state index contributed by atoms with van der Waals surface area (Å²) >= 11 is 6.60. The number of nitrogens with one attached hydrogen (secondary N) is 1. The monoisotopic (exact) mass is 294 g/mol. The van der Waals surface area contributed by atoms with Crippen LogP contribution in [0.1, 0.15) is 11.7 Å². The average Bonchev–Trinajstić information content (AvgIpc) is 2.98. The van der Waals surface area contributed by atoms with Crippen molar-refractivity contribution in [1.82, 2.24) is 19.7 Å². The van der Waals surface area contributed by atoms with Crippen LogP contribution in [0.3, 0.4) is 0 Å². The maximum atomic E-state index is 12.3. The van der Waals surface area contributed by atoms with Crippen LogP contribution >= 0.6 is 23.6 Å². The van der Waals surface area contributed by atoms with Gasteiger partial charge in [0, 0.05) is 13.0 Å². The number of aromatic nitrogens is 4. The Morgan fingerprint density at radius 2 is 2.42 bits per heavy atom. The fraction of sp³-hybridized carbons (Fsp3) is 0.273. The third-order valence-electron chi connectivity index (χ3n) is 2.71. The summed E-state index contributed by atoms with van der Waals surface area (Å²) in [5.41, 5.74) is 0.704. The lowest BCUT2D eigenvalue weighted by Gasteiger charge is -2.04. The summed E-state index contributed by atoms with van der Waals surface area (Å²) in [4.78, 5) is 19.4. The van der Waals surface area contributed by atoms with E-state index in [1.165, 1.54) is 15.9 Å². The molecule has 0 saturated carbocycles. The predicted molar refractivity (Wildman–Crippen MR) is 74.0 cm³/mol. The molecule has 1 N–H and O–H groups in total. The highest BCUT2D eigenvalue weighted by Crippen LogP contribution is 2.14. The number of nitrogens with zero attached hydrogens (tertiary/aromatic N) is 3. The van der Waals surface area contributed by atoms with E-state index in [0.29, 0.717) is 34.2 Å². The molecule has 0 unspecified atom stereocenters. The smallest absolute Gasteiger partial charge is 0.272 e. The summed E-state index contributed by atoms with van der Waals surface area (Å²) < 4.78 is 7.63. The first-order valence-corrected chi connectivity index (χ1v) is 6.93. The van der Waals surface area contributed by atoms with Gasteiger partial charge >= 0.3 is 0 Å². The first-order chi connectivity index (χ1) is 9.15. The minimum Gasteiger partial charge on any atom is -0.339 e. The number of aromatic amines is 1. The highest BCUT2D eigenvalue weighted by atomic mass is 32.1. The zero-order valence-corrected chi connectivity index (χ0v) is 11.7. The summed E-state index contributed by atoms with van der Waals surface area (Å²) in [6, 6.07) is 1.85. The molecule has 0 aliphatic heterocycles. The van der Waals surface area contributed by atoms with E-state index >= 15 is 0 Å². The third kappa shape index (κ3) is 2.24. The van der Waals surface area contributed by atoms with Crippen LogP contribution in [0.25, 0.3) is 10.2 Å². The van der Waals surface area contributed by atoms with E-state index < -0.39 is 0 Å². The van der Waals surface area contributed by atoms with Gasteiger partial charge in [-0.1, -0.05) is 5.16 Å². The Labute approximate surface area is 116 Å². The number of aryl methyl sites for hydroxylation is 2. The lowest BCUT2D eigenvalue weighted by molar-refractivity contribution is 0.367. The van der Waals surface area contributed by atoms with Crippen molar-refractivity contribution in [2.45, 2.75) is 19.9 Å². The van der Waals surface area contributed by atoms with Crippen LogP contribution in [0.2, 0.25) is 0 Å². The molecule has 98 valence electrons. The largest absolute Gasteiger partial charge is 0.339 e. The fourth-order valence-corrected chi connectivity index (χ4v) is 2.90. The molecule has 0 amide bonds. The number of thiophene rings is 1. The Balaban J connectivity index is 1.96. The Hall–Kier alpha value is -1.80. The fourth-order valence-electron chi connectivity index (χ4n) is 1.82. The van der Waals surface area contributed by atoms with Gasteiger partial charge in [0.25, 0.3) is 5.56 Å². The third-order valence-corrected chi connectivity index (χ3v) is 3.94. The number of hydrogen-bond donors (Lipinski definition) is 1. The average molecular weight is 294 g/mol. The van der Waals surface area contributed by atoms with Crippen molar-refractivity contribution in [3.8, 4) is 0 Å². The molecular weight excluding hydrogens is 284 g/mol. The highest BCUT2D eigenvalue weighted by Gasteiger charge is 2.09. The van der Waals surface area contributed by atoms with Crippen LogP contribution in [0.4, 0.5) is 0 Å². The highest BCUT2D eigenvalue weighted by molar-refractivity contribution is 7.71. The van der Waals surface area contributed by atoms with E-state index in [-0.39, 0.29) is 5.56 Å². The quantitative estimate of drug-likeness (QED) is 0.748. The zero-order valence-electron chi connectivity index (χ0n) is 10.0. The molecule has 3 heterocycles. The Bertz CT molecular complexity index is 842. The summed E-state index contributed by atoms with van der Waals surface area (Å²) in [6.45, 7) is 2.17. The van der Waals surface area contributed by atoms with Gasteiger partial charge in [-0.3, -0.25) is 9.36 Å². The standard InChI is InChI=1S/C11H10N4O2S2/c1-6-12-8(17-14-6)2-4-15-10(16)9-7(3-5-19-9)13-11(15)18/h3,5H,2,4H2,1H3,(H,13,18). The predicted octanol–water partition coefficient (Wildman–Crippen LogP) is 2.05. The van der Waals surface area contributed by atoms with Crippen LogP contribution in [-0.2, 0) is 13.0 Å². The molecule has 19 heavy (non-hydrogen) atoms. The lowest BCUT2D eigenvalue weighted by Crippen LogP contribution is -2.22. The minimum absolute atomic E-state index is 0.0787. The van der Waals surface area contributed by atoms with Crippen molar-refractivity contribution in [1.29, 1.82) is 0 Å². The molecular formula is C11H10N4O2S2. The molecule has 0 fully saturated rings. The van der Waals surface area contributed by atoms with E-state index in [1.807, 2.05) is 11.4 Å². The topological polar surface area (TPSA) is 76.7 Å². The number of rotatable bonds is 3. The molecule has 3 aromatic heterocycles. The second-order valence-electron chi connectivity index (χ2n) is 4.04. The van der Waals surface area contributed by atoms with Gasteiger partial charge in [-0.25, -0.2) is 0 Å². The summed E-state index contributed by atoms with van der Waals surface area (Å²) in [5.74, 6) is 1.09. The van der Waals surface area contributed by atoms with Gasteiger partial charge in [0.1, 0.15) is 4.70 Å². The van der Waals surface area contributed by atoms with Crippen LogP contribution in [0, 0.1) is 11.7 Å². The lowest BCUT2D eigenvalue weighted by atomic mass is 10.4. The maximum Gasteiger partial charge on any atom is 0.272 e. The SMILES string of the molecule is Cc1noc(CCn2c(=S)[nH]c3ccsc3c2=O)n1. The van der Waals surface area contributed by atoms with Gasteiger partial charge in [-0.2, -0.15) is 4.98 Å². The summed E-state index contributed by atoms with van der Waals surface area (Å²) in [5, 5.41) is 5.57. The van der Waals surface area contributed by atoms with Crippen molar-refractivity contribution >= 4 is 33.8 Å². The van der Waals surface area contributed by atoms with Gasteiger partial charge in [0.15, 0.2) is 10.6 Å². The van der Waals surface area contributed by atoms with Crippen molar-refractivity contribution in [2.24, 2.45) is 0 Å². The normalized spacial score (nSPS) is 11.2. The van der Waals surface area contributed by atoms with Gasteiger partial charge in [0.05, 0.1) is 5.52 Å². The maximum absolute atomic E-state index is 12.3. The van der Waals surface area contributed by atoms with E-state index in [9.17, 15) is 4.79 Å². The number of H-pyrrole nitrogens is 1. The number of hydrogen-bond acceptors (Lipinski definition) is 6. The summed E-state index contributed by atoms with van der Waals surface area (Å²) in [6.07, 6.45) is 0.481. The molecule has 0 aliphatic rings. The van der Waals surface area contributed by atoms with Gasteiger partial charge < -0.3 is 9.51 Å². The zero-order chi connectivity index (χ0) is 13.4. The Morgan fingerprint density at radius 3 is 3.16 bits per heavy atom. The number of fused-ring (bicyclic) bond motifs is 1. The van der Waals surface area contributed by atoms with Crippen molar-refractivity contribution < 1.29 is 4.52 Å². The molecule has 3 rings (SSSR count). The molecule has 8 heteroatoms. The molecule has 0 spiro atoms. The van der Waals surface area contributed by atoms with E-state index in [2.05, 4.69) is 15.1 Å². The molecule has 0 aliphatic carbocycles. The van der Waals surface area contributed by atoms with Crippen LogP contribution in [-0.4, -0.2) is 19.7 Å². The molecule has 0 bridgehead atoms. The molecule has 3 aromatic rings. The van der Waals surface area contributed by atoms with E-state index in [4.69, 9.17) is 16.7 Å². The second kappa shape index (κ2) is 4.71. The second-order valence-corrected chi connectivity index (χ2v) is 5.34. The van der Waals surface area contributed by atoms with Crippen molar-refractivity contribution in [3.05, 3.63) is 38.3 Å². The Morgan fingerprint density at radius 1 is 1.58 bits per heavy atom. The van der Waals surface area contributed by atoms with Crippen LogP contribution < -0.4 is 5.56 Å². The molecule has 0 aromatic carbocycles. The Kier molecular flexibility index (Phi) is 3.03. The van der Waals surface area contributed by atoms with Gasteiger partial charge in [-0.15, -0.1) is 11.3 Å². The van der Waals surface area contributed by atoms with Crippen LogP contribution in [0.5, 0.6) is 0 Å². The molecule has 6 nitrogen and oxygen atoms in total. The minimum atomic E-state index is -0.0787. The van der Waals surface area contributed by atoms with E-state index in [0.717, 1.165) is 5.52 Å². The van der Waals surface area contributed by atoms with Gasteiger partial charge in [0.2, 0.25) is 5.89 Å². The summed E-state index contributed by atoms with van der Waals surface area (Å²) in [7, 11) is 0. The van der Waals surface area contributed by atoms with E-state index in [1.54, 1.807) is 6.92 Å². The molecule has 0 atom stereocenters. The van der Waals surface area contributed by atoms with Gasteiger partial charge in [-0.05, 0) is 30.6 Å². The van der Waals surface area contributed by atoms with Crippen LogP contribution in [0.15, 0.2) is 20.8 Å². The molecule has 0 saturated heterocycles. The first kappa shape index (κ1) is 12.2. The molecule has 0 radical (unpaired) electrons. The van der Waals surface area contributed by atoms with Crippen molar-refractivity contribution in [3.63, 3.8) is 0 Å². The van der Waals surface area contributed by atoms with Crippen molar-refractivity contribution in [2.75, 3.05) is 0 Å².